The summed E-state index contributed by atoms with van der Waals surface area (Å²) in [6.07, 6.45) is 2.61. The van der Waals surface area contributed by atoms with Gasteiger partial charge in [0, 0.05) is 11.6 Å². The van der Waals surface area contributed by atoms with Crippen molar-refractivity contribution < 1.29 is 14.6 Å². The topological polar surface area (TPSA) is 64.7 Å². The summed E-state index contributed by atoms with van der Waals surface area (Å²) in [6.45, 7) is 0.658. The number of halogens is 1. The van der Waals surface area contributed by atoms with Gasteiger partial charge in [0.05, 0.1) is 18.7 Å². The number of phenols is 1. The smallest absolute Gasteiger partial charge is 0.175 e. The predicted molar refractivity (Wildman–Crippen MR) is 70.9 cm³/mol. The summed E-state index contributed by atoms with van der Waals surface area (Å²) in [5.74, 6) is 1.33. The molecule has 1 aromatic rings. The molecule has 0 aliphatic carbocycles. The molecule has 1 rings (SSSR count). The largest absolute Gasteiger partial charge is 0.507 e. The third-order valence-electron chi connectivity index (χ3n) is 2.57. The lowest BCUT2D eigenvalue weighted by atomic mass is 10.1. The van der Waals surface area contributed by atoms with Crippen molar-refractivity contribution in [2.24, 2.45) is 5.73 Å². The van der Waals surface area contributed by atoms with Gasteiger partial charge in [-0.25, -0.2) is 0 Å². The number of benzene rings is 1. The fraction of sp³-hybridized carbons (Fsp3) is 0.500. The van der Waals surface area contributed by atoms with Crippen LogP contribution >= 0.6 is 15.9 Å². The van der Waals surface area contributed by atoms with Crippen molar-refractivity contribution in [1.29, 1.82) is 0 Å². The van der Waals surface area contributed by atoms with Crippen LogP contribution in [-0.4, -0.2) is 25.9 Å². The lowest BCUT2D eigenvalue weighted by molar-refractivity contribution is 0.348. The molecule has 17 heavy (non-hydrogen) atoms. The zero-order valence-corrected chi connectivity index (χ0v) is 11.7. The quantitative estimate of drug-likeness (QED) is 0.792. The Bertz CT molecular complexity index is 383. The second-order valence-electron chi connectivity index (χ2n) is 3.67. The average Bonchev–Trinajstić information content (AvgIpc) is 2.32. The van der Waals surface area contributed by atoms with E-state index in [4.69, 9.17) is 15.2 Å². The highest BCUT2D eigenvalue weighted by atomic mass is 79.9. The summed E-state index contributed by atoms with van der Waals surface area (Å²) in [6, 6.07) is 1.57. The van der Waals surface area contributed by atoms with Gasteiger partial charge in [0.1, 0.15) is 5.75 Å². The summed E-state index contributed by atoms with van der Waals surface area (Å²) in [7, 11) is 3.11. The van der Waals surface area contributed by atoms with Gasteiger partial charge in [0.25, 0.3) is 0 Å². The van der Waals surface area contributed by atoms with Crippen molar-refractivity contribution in [3.63, 3.8) is 0 Å². The first kappa shape index (κ1) is 14.1. The van der Waals surface area contributed by atoms with Crippen LogP contribution < -0.4 is 15.2 Å². The van der Waals surface area contributed by atoms with Gasteiger partial charge in [0.2, 0.25) is 0 Å². The lowest BCUT2D eigenvalue weighted by Gasteiger charge is -2.14. The van der Waals surface area contributed by atoms with Crippen molar-refractivity contribution in [1.82, 2.24) is 0 Å². The zero-order valence-electron chi connectivity index (χ0n) is 10.1. The average molecular weight is 304 g/mol. The van der Waals surface area contributed by atoms with Gasteiger partial charge in [-0.2, -0.15) is 0 Å². The molecule has 96 valence electrons. The molecule has 0 radical (unpaired) electrons. The van der Waals surface area contributed by atoms with E-state index in [0.717, 1.165) is 29.3 Å². The van der Waals surface area contributed by atoms with E-state index in [9.17, 15) is 5.11 Å². The maximum absolute atomic E-state index is 9.93. The molecular weight excluding hydrogens is 286 g/mol. The molecule has 0 heterocycles. The highest BCUT2D eigenvalue weighted by molar-refractivity contribution is 9.10. The first-order valence-corrected chi connectivity index (χ1v) is 6.27. The third-order valence-corrected chi connectivity index (χ3v) is 3.41. The van der Waals surface area contributed by atoms with E-state index in [-0.39, 0.29) is 5.75 Å². The van der Waals surface area contributed by atoms with Crippen LogP contribution in [0.15, 0.2) is 10.5 Å². The zero-order chi connectivity index (χ0) is 12.8. The normalized spacial score (nSPS) is 10.4. The molecule has 5 heteroatoms. The Kier molecular flexibility index (Phi) is 5.58. The Morgan fingerprint density at radius 3 is 2.53 bits per heavy atom. The van der Waals surface area contributed by atoms with Gasteiger partial charge in [0.15, 0.2) is 11.5 Å². The van der Waals surface area contributed by atoms with Gasteiger partial charge < -0.3 is 20.3 Å². The molecule has 1 aromatic carbocycles. The summed E-state index contributed by atoms with van der Waals surface area (Å²) >= 11 is 3.44. The minimum atomic E-state index is 0.214. The van der Waals surface area contributed by atoms with Gasteiger partial charge in [-0.1, -0.05) is 0 Å². The summed E-state index contributed by atoms with van der Waals surface area (Å²) < 4.78 is 11.1. The second kappa shape index (κ2) is 6.71. The number of methoxy groups -OCH3 is 2. The van der Waals surface area contributed by atoms with E-state index >= 15 is 0 Å². The monoisotopic (exact) mass is 303 g/mol. The van der Waals surface area contributed by atoms with Crippen LogP contribution in [0.4, 0.5) is 0 Å². The molecule has 0 aliphatic heterocycles. The number of nitrogens with two attached hydrogens (primary N) is 1. The third kappa shape index (κ3) is 3.26. The Morgan fingerprint density at radius 2 is 2.00 bits per heavy atom. The first-order chi connectivity index (χ1) is 8.15. The Hall–Kier alpha value is -0.940. The maximum Gasteiger partial charge on any atom is 0.175 e. The number of aromatic hydroxyl groups is 1. The Labute approximate surface area is 110 Å². The molecule has 0 atom stereocenters. The molecule has 4 nitrogen and oxygen atoms in total. The summed E-state index contributed by atoms with van der Waals surface area (Å²) in [4.78, 5) is 0. The molecule has 0 saturated carbocycles. The molecule has 0 spiro atoms. The highest BCUT2D eigenvalue weighted by Gasteiger charge is 2.17. The minimum Gasteiger partial charge on any atom is -0.507 e. The number of unbranched alkanes of at least 4 members (excludes halogenated alkanes) is 1. The second-order valence-corrected chi connectivity index (χ2v) is 4.46. The molecule has 0 aromatic heterocycles. The standard InChI is InChI=1S/C12H18BrNO3/c1-16-10-7-9(15)8(5-3-4-6-14)11(13)12(10)17-2/h7,15H,3-6,14H2,1-2H3. The summed E-state index contributed by atoms with van der Waals surface area (Å²) in [5.41, 5.74) is 6.28. The highest BCUT2D eigenvalue weighted by Crippen LogP contribution is 2.42. The van der Waals surface area contributed by atoms with Gasteiger partial charge >= 0.3 is 0 Å². The number of hydrogen-bond donors (Lipinski definition) is 2. The lowest BCUT2D eigenvalue weighted by Crippen LogP contribution is -2.00. The molecule has 0 fully saturated rings. The van der Waals surface area contributed by atoms with E-state index in [1.165, 1.54) is 7.11 Å². The number of hydrogen-bond acceptors (Lipinski definition) is 4. The van der Waals surface area contributed by atoms with Gasteiger partial charge in [-0.05, 0) is 41.7 Å². The van der Waals surface area contributed by atoms with E-state index in [0.29, 0.717) is 18.0 Å². The van der Waals surface area contributed by atoms with Crippen LogP contribution in [0, 0.1) is 0 Å². The summed E-state index contributed by atoms with van der Waals surface area (Å²) in [5, 5.41) is 9.93. The number of ether oxygens (including phenoxy) is 2. The molecule has 0 amide bonds. The fourth-order valence-corrected chi connectivity index (χ4v) is 2.42. The van der Waals surface area contributed by atoms with Crippen molar-refractivity contribution in [3.05, 3.63) is 16.1 Å². The SMILES string of the molecule is COc1cc(O)c(CCCCN)c(Br)c1OC. The van der Waals surface area contributed by atoms with E-state index in [2.05, 4.69) is 15.9 Å². The van der Waals surface area contributed by atoms with E-state index in [1.807, 2.05) is 0 Å². The number of phenolic OH excluding ortho intramolecular Hbond substituents is 1. The van der Waals surface area contributed by atoms with E-state index < -0.39 is 0 Å². The Balaban J connectivity index is 3.04. The fourth-order valence-electron chi connectivity index (χ4n) is 1.66. The van der Waals surface area contributed by atoms with Crippen molar-refractivity contribution in [2.75, 3.05) is 20.8 Å². The predicted octanol–water partition coefficient (Wildman–Crippen LogP) is 2.45. The van der Waals surface area contributed by atoms with Crippen LogP contribution in [0.3, 0.4) is 0 Å². The van der Waals surface area contributed by atoms with Crippen LogP contribution in [0.2, 0.25) is 0 Å². The molecule has 0 aliphatic rings. The van der Waals surface area contributed by atoms with Crippen LogP contribution in [0.25, 0.3) is 0 Å². The first-order valence-electron chi connectivity index (χ1n) is 5.48. The van der Waals surface area contributed by atoms with Crippen LogP contribution in [0.1, 0.15) is 18.4 Å². The Morgan fingerprint density at radius 1 is 1.29 bits per heavy atom. The molecular formula is C12H18BrNO3. The molecule has 0 bridgehead atoms. The molecule has 0 unspecified atom stereocenters. The number of rotatable bonds is 6. The van der Waals surface area contributed by atoms with E-state index in [1.54, 1.807) is 13.2 Å². The van der Waals surface area contributed by atoms with Crippen LogP contribution in [0.5, 0.6) is 17.2 Å². The molecule has 0 saturated heterocycles. The van der Waals surface area contributed by atoms with Crippen molar-refractivity contribution in [2.45, 2.75) is 19.3 Å². The minimum absolute atomic E-state index is 0.214. The van der Waals surface area contributed by atoms with Crippen LogP contribution in [-0.2, 0) is 6.42 Å². The van der Waals surface area contributed by atoms with Crippen molar-refractivity contribution >= 4 is 15.9 Å². The molecule has 3 N–H and O–H groups in total. The van der Waals surface area contributed by atoms with Gasteiger partial charge in [-0.3, -0.25) is 0 Å². The van der Waals surface area contributed by atoms with Crippen molar-refractivity contribution in [3.8, 4) is 17.2 Å². The van der Waals surface area contributed by atoms with Gasteiger partial charge in [-0.15, -0.1) is 0 Å². The maximum atomic E-state index is 9.93.